The van der Waals surface area contributed by atoms with E-state index in [-0.39, 0.29) is 6.61 Å². The van der Waals surface area contributed by atoms with Gasteiger partial charge in [0.2, 0.25) is 0 Å². The van der Waals surface area contributed by atoms with Gasteiger partial charge in [-0.25, -0.2) is 0 Å². The fourth-order valence-electron chi connectivity index (χ4n) is 1.38. The van der Waals surface area contributed by atoms with Crippen molar-refractivity contribution in [3.05, 3.63) is 29.3 Å². The molecule has 1 N–H and O–H groups in total. The average molecular weight is 224 g/mol. The third kappa shape index (κ3) is 1.45. The molecule has 0 aliphatic carbocycles. The first-order valence-electron chi connectivity index (χ1n) is 4.06. The molecule has 2 aromatic rings. The fraction of sp³-hybridized carbons (Fsp3) is 0.100. The number of benzene rings is 1. The molecule has 0 unspecified atom stereocenters. The van der Waals surface area contributed by atoms with Crippen molar-refractivity contribution in [2.75, 3.05) is 0 Å². The summed E-state index contributed by atoms with van der Waals surface area (Å²) in [5, 5.41) is 10.1. The Balaban J connectivity index is 2.74. The minimum atomic E-state index is -0.0146. The predicted molar refractivity (Wildman–Crippen MR) is 60.4 cm³/mol. The Morgan fingerprint density at radius 2 is 2.29 bits per heavy atom. The summed E-state index contributed by atoms with van der Waals surface area (Å²) in [4.78, 5) is 10.5. The lowest BCUT2D eigenvalue weighted by Crippen LogP contribution is -1.82. The Hall–Kier alpha value is -0.840. The Morgan fingerprint density at radius 3 is 2.93 bits per heavy atom. The van der Waals surface area contributed by atoms with Crippen LogP contribution in [0, 0.1) is 0 Å². The van der Waals surface area contributed by atoms with Gasteiger partial charge in [0.1, 0.15) is 6.29 Å². The zero-order valence-corrected chi connectivity index (χ0v) is 8.94. The highest BCUT2D eigenvalue weighted by molar-refractivity contribution is 7.83. The fourth-order valence-corrected chi connectivity index (χ4v) is 2.87. The van der Waals surface area contributed by atoms with Gasteiger partial charge in [-0.1, -0.05) is 12.1 Å². The molecule has 1 aromatic heterocycles. The van der Waals surface area contributed by atoms with Gasteiger partial charge in [-0.05, 0) is 11.5 Å². The summed E-state index contributed by atoms with van der Waals surface area (Å²) in [6.07, 6.45) is 0.815. The molecule has 72 valence electrons. The Morgan fingerprint density at radius 1 is 1.50 bits per heavy atom. The van der Waals surface area contributed by atoms with Crippen LogP contribution in [0.5, 0.6) is 0 Å². The van der Waals surface area contributed by atoms with Crippen LogP contribution in [0.3, 0.4) is 0 Å². The summed E-state index contributed by atoms with van der Waals surface area (Å²) < 4.78 is 1.80. The van der Waals surface area contributed by atoms with Crippen LogP contribution < -0.4 is 0 Å². The summed E-state index contributed by atoms with van der Waals surface area (Å²) in [7, 11) is 0. The minimum Gasteiger partial charge on any atom is -0.392 e. The summed E-state index contributed by atoms with van der Waals surface area (Å²) >= 11 is 5.75. The van der Waals surface area contributed by atoms with E-state index in [9.17, 15) is 4.79 Å². The van der Waals surface area contributed by atoms with E-state index >= 15 is 0 Å². The van der Waals surface area contributed by atoms with Crippen LogP contribution in [-0.2, 0) is 6.61 Å². The van der Waals surface area contributed by atoms with Crippen LogP contribution in [0.2, 0.25) is 0 Å². The monoisotopic (exact) mass is 224 g/mol. The van der Waals surface area contributed by atoms with Crippen molar-refractivity contribution in [2.24, 2.45) is 0 Å². The summed E-state index contributed by atoms with van der Waals surface area (Å²) in [5.74, 6) is 0. The van der Waals surface area contributed by atoms with Gasteiger partial charge in [-0.3, -0.25) is 4.79 Å². The molecular formula is C10H8O2S2. The summed E-state index contributed by atoms with van der Waals surface area (Å²) in [6.45, 7) is -0.0146. The van der Waals surface area contributed by atoms with Crippen LogP contribution in [0.4, 0.5) is 0 Å². The number of thiol groups is 1. The maximum atomic E-state index is 10.5. The molecule has 0 saturated heterocycles. The maximum absolute atomic E-state index is 10.5. The molecule has 4 heteroatoms. The van der Waals surface area contributed by atoms with Crippen molar-refractivity contribution in [1.82, 2.24) is 0 Å². The number of thiophene rings is 1. The first-order chi connectivity index (χ1) is 6.76. The van der Waals surface area contributed by atoms with Gasteiger partial charge < -0.3 is 5.11 Å². The number of carbonyl (C=O) groups is 1. The number of aliphatic hydroxyl groups excluding tert-OH is 1. The second kappa shape index (κ2) is 3.73. The van der Waals surface area contributed by atoms with Gasteiger partial charge in [0.05, 0.1) is 10.8 Å². The smallest absolute Gasteiger partial charge is 0.150 e. The van der Waals surface area contributed by atoms with Gasteiger partial charge >= 0.3 is 0 Å². The number of fused-ring (bicyclic) bond motifs is 1. The lowest BCUT2D eigenvalue weighted by molar-refractivity contribution is 0.112. The molecule has 0 saturated carbocycles. The highest BCUT2D eigenvalue weighted by Gasteiger charge is 2.08. The molecule has 0 aliphatic heterocycles. The summed E-state index contributed by atoms with van der Waals surface area (Å²) in [6, 6.07) is 5.40. The normalized spacial score (nSPS) is 10.7. The first-order valence-corrected chi connectivity index (χ1v) is 5.33. The Kier molecular flexibility index (Phi) is 2.58. The number of hydrogen-bond acceptors (Lipinski definition) is 4. The average Bonchev–Trinajstić information content (AvgIpc) is 2.51. The zero-order chi connectivity index (χ0) is 10.1. The first kappa shape index (κ1) is 9.71. The van der Waals surface area contributed by atoms with Gasteiger partial charge in [0, 0.05) is 15.8 Å². The minimum absolute atomic E-state index is 0.0146. The lowest BCUT2D eigenvalue weighted by Gasteiger charge is -1.94. The molecule has 0 spiro atoms. The lowest BCUT2D eigenvalue weighted by atomic mass is 10.1. The van der Waals surface area contributed by atoms with Gasteiger partial charge in [-0.2, -0.15) is 0 Å². The predicted octanol–water partition coefficient (Wildman–Crippen LogP) is 2.49. The highest BCUT2D eigenvalue weighted by atomic mass is 32.2. The number of aliphatic hydroxyl groups is 1. The Labute approximate surface area is 90.6 Å². The van der Waals surface area contributed by atoms with Crippen molar-refractivity contribution in [3.63, 3.8) is 0 Å². The van der Waals surface area contributed by atoms with E-state index in [0.29, 0.717) is 5.56 Å². The van der Waals surface area contributed by atoms with Crippen LogP contribution in [0.1, 0.15) is 15.9 Å². The van der Waals surface area contributed by atoms with Crippen molar-refractivity contribution in [2.45, 2.75) is 10.8 Å². The van der Waals surface area contributed by atoms with E-state index in [1.807, 2.05) is 12.1 Å². The molecule has 0 fully saturated rings. The molecule has 2 rings (SSSR count). The van der Waals surface area contributed by atoms with Crippen LogP contribution in [-0.4, -0.2) is 11.4 Å². The third-order valence-electron chi connectivity index (χ3n) is 2.09. The molecule has 0 bridgehead atoms. The molecule has 0 radical (unpaired) electrons. The van der Waals surface area contributed by atoms with E-state index in [4.69, 9.17) is 5.11 Å². The number of hydrogen-bond donors (Lipinski definition) is 2. The van der Waals surface area contributed by atoms with E-state index in [2.05, 4.69) is 12.6 Å². The van der Waals surface area contributed by atoms with Crippen molar-refractivity contribution >= 4 is 40.3 Å². The maximum Gasteiger partial charge on any atom is 0.150 e. The Bertz CT molecular complexity index is 488. The summed E-state index contributed by atoms with van der Waals surface area (Å²) in [5.41, 5.74) is 1.49. The van der Waals surface area contributed by atoms with Crippen LogP contribution in [0.15, 0.2) is 22.4 Å². The largest absolute Gasteiger partial charge is 0.392 e. The standard InChI is InChI=1S/C10H8O2S2/c11-4-6-1-2-7-8(5-12)10(13)14-9(7)3-6/h1-4,12-13H,5H2. The van der Waals surface area contributed by atoms with E-state index in [0.717, 1.165) is 26.1 Å². The molecule has 0 atom stereocenters. The molecule has 0 aliphatic rings. The molecule has 1 heterocycles. The van der Waals surface area contributed by atoms with Gasteiger partial charge in [0.15, 0.2) is 0 Å². The van der Waals surface area contributed by atoms with Crippen LogP contribution >= 0.6 is 24.0 Å². The molecule has 0 amide bonds. The second-order valence-electron chi connectivity index (χ2n) is 2.92. The second-order valence-corrected chi connectivity index (χ2v) is 4.72. The van der Waals surface area contributed by atoms with E-state index in [1.54, 1.807) is 6.07 Å². The zero-order valence-electron chi connectivity index (χ0n) is 7.23. The molecular weight excluding hydrogens is 216 g/mol. The van der Waals surface area contributed by atoms with Crippen LogP contribution in [0.25, 0.3) is 10.1 Å². The molecule has 1 aromatic carbocycles. The third-order valence-corrected chi connectivity index (χ3v) is 3.63. The van der Waals surface area contributed by atoms with E-state index in [1.165, 1.54) is 11.3 Å². The van der Waals surface area contributed by atoms with Gasteiger partial charge in [-0.15, -0.1) is 24.0 Å². The topological polar surface area (TPSA) is 37.3 Å². The van der Waals surface area contributed by atoms with Crippen molar-refractivity contribution in [3.8, 4) is 0 Å². The number of carbonyl (C=O) groups excluding carboxylic acids is 1. The molecule has 2 nitrogen and oxygen atoms in total. The highest BCUT2D eigenvalue weighted by Crippen LogP contribution is 2.34. The van der Waals surface area contributed by atoms with Crippen molar-refractivity contribution in [1.29, 1.82) is 0 Å². The number of rotatable bonds is 2. The molecule has 14 heavy (non-hydrogen) atoms. The van der Waals surface area contributed by atoms with Crippen molar-refractivity contribution < 1.29 is 9.90 Å². The van der Waals surface area contributed by atoms with E-state index < -0.39 is 0 Å². The van der Waals surface area contributed by atoms with Gasteiger partial charge in [0.25, 0.3) is 0 Å². The SMILES string of the molecule is O=Cc1ccc2c(CO)c(S)sc2c1. The number of aldehydes is 1. The quantitative estimate of drug-likeness (QED) is 0.607.